The van der Waals surface area contributed by atoms with E-state index in [1.54, 1.807) is 6.07 Å². The summed E-state index contributed by atoms with van der Waals surface area (Å²) in [5.41, 5.74) is -0.0174. The molecular weight excluding hydrogens is 450 g/mol. The monoisotopic (exact) mass is 485 g/mol. The molecule has 0 saturated carbocycles. The predicted octanol–water partition coefficient (Wildman–Crippen LogP) is 4.33. The minimum absolute atomic E-state index is 0. The standard InChI is InChI=1S/C26H36ClO4P.Li/c1-16-12-11-13-18(27)21(16)23(28)32-22-19(30-25(5,6)7)14-17(29-24(2,3)4)15-20(22)31-26(8,9)10;/h11-15,32H,1-10H3;/q;+1. The van der Waals surface area contributed by atoms with E-state index in [2.05, 4.69) is 0 Å². The van der Waals surface area contributed by atoms with Gasteiger partial charge < -0.3 is 14.2 Å². The van der Waals surface area contributed by atoms with E-state index < -0.39 is 16.8 Å². The van der Waals surface area contributed by atoms with Crippen molar-refractivity contribution < 1.29 is 37.9 Å². The second-order valence-electron chi connectivity index (χ2n) is 10.8. The first kappa shape index (κ1) is 29.9. The molecule has 0 aromatic heterocycles. The minimum Gasteiger partial charge on any atom is -0.488 e. The van der Waals surface area contributed by atoms with Crippen molar-refractivity contribution in [3.8, 4) is 17.2 Å². The quantitative estimate of drug-likeness (QED) is 0.451. The van der Waals surface area contributed by atoms with Gasteiger partial charge in [0, 0.05) is 17.7 Å². The fourth-order valence-corrected chi connectivity index (χ4v) is 4.58. The Balaban J connectivity index is 0.00000544. The molecule has 1 atom stereocenters. The summed E-state index contributed by atoms with van der Waals surface area (Å²) >= 11 is 6.38. The van der Waals surface area contributed by atoms with Crippen molar-refractivity contribution in [2.75, 3.05) is 0 Å². The molecule has 0 N–H and O–H groups in total. The summed E-state index contributed by atoms with van der Waals surface area (Å²) in [6.45, 7) is 19.7. The van der Waals surface area contributed by atoms with Crippen LogP contribution in [0.4, 0.5) is 0 Å². The average molecular weight is 486 g/mol. The molecule has 33 heavy (non-hydrogen) atoms. The Morgan fingerprint density at radius 2 is 1.27 bits per heavy atom. The topological polar surface area (TPSA) is 44.8 Å². The van der Waals surface area contributed by atoms with Gasteiger partial charge in [0.05, 0.1) is 10.3 Å². The second-order valence-corrected chi connectivity index (χ2v) is 12.4. The Kier molecular flexibility index (Phi) is 10.00. The number of hydrogen-bond donors (Lipinski definition) is 0. The van der Waals surface area contributed by atoms with Crippen molar-refractivity contribution in [2.45, 2.75) is 86.0 Å². The molecule has 0 amide bonds. The van der Waals surface area contributed by atoms with Gasteiger partial charge in [-0.3, -0.25) is 4.79 Å². The molecule has 2 rings (SSSR count). The summed E-state index contributed by atoms with van der Waals surface area (Å²) in [5.74, 6) is 1.79. The Morgan fingerprint density at radius 3 is 1.67 bits per heavy atom. The van der Waals surface area contributed by atoms with Gasteiger partial charge >= 0.3 is 18.9 Å². The zero-order valence-electron chi connectivity index (χ0n) is 21.9. The Hall–Kier alpha value is -1.17. The first-order valence-corrected chi connectivity index (χ1v) is 12.1. The molecule has 0 saturated heterocycles. The molecule has 0 aliphatic carbocycles. The molecule has 0 fully saturated rings. The fraction of sp³-hybridized carbons (Fsp3) is 0.500. The van der Waals surface area contributed by atoms with Crippen LogP contribution in [0.2, 0.25) is 5.02 Å². The third-order valence-electron chi connectivity index (χ3n) is 3.98. The number of carbonyl (C=O) groups is 1. The van der Waals surface area contributed by atoms with Crippen molar-refractivity contribution >= 4 is 31.0 Å². The van der Waals surface area contributed by atoms with E-state index in [0.717, 1.165) is 5.56 Å². The number of halogens is 1. The van der Waals surface area contributed by atoms with Gasteiger partial charge in [0.2, 0.25) is 0 Å². The summed E-state index contributed by atoms with van der Waals surface area (Å²) in [6, 6.07) is 9.18. The zero-order valence-corrected chi connectivity index (χ0v) is 23.7. The van der Waals surface area contributed by atoms with Crippen LogP contribution in [0, 0.1) is 6.92 Å². The van der Waals surface area contributed by atoms with Gasteiger partial charge in [-0.05, 0) is 89.4 Å². The maximum atomic E-state index is 13.4. The maximum Gasteiger partial charge on any atom is 1.00 e. The molecule has 0 spiro atoms. The summed E-state index contributed by atoms with van der Waals surface area (Å²) in [6.07, 6.45) is 0. The van der Waals surface area contributed by atoms with Crippen molar-refractivity contribution in [2.24, 2.45) is 0 Å². The van der Waals surface area contributed by atoms with Gasteiger partial charge in [-0.25, -0.2) is 0 Å². The number of aryl methyl sites for hydroxylation is 1. The molecule has 0 bridgehead atoms. The molecule has 176 valence electrons. The molecule has 2 aromatic carbocycles. The normalized spacial score (nSPS) is 12.5. The molecule has 0 aliphatic rings. The first-order valence-electron chi connectivity index (χ1n) is 10.8. The van der Waals surface area contributed by atoms with Crippen LogP contribution in [0.15, 0.2) is 30.3 Å². The van der Waals surface area contributed by atoms with Crippen LogP contribution in [0.5, 0.6) is 17.2 Å². The van der Waals surface area contributed by atoms with Gasteiger partial charge in [-0.15, -0.1) is 0 Å². The van der Waals surface area contributed by atoms with E-state index in [1.165, 1.54) is 0 Å². The van der Waals surface area contributed by atoms with E-state index in [0.29, 0.717) is 33.1 Å². The van der Waals surface area contributed by atoms with Gasteiger partial charge in [0.15, 0.2) is 5.52 Å². The van der Waals surface area contributed by atoms with Gasteiger partial charge in [0.25, 0.3) is 0 Å². The number of hydrogen-bond acceptors (Lipinski definition) is 4. The van der Waals surface area contributed by atoms with E-state index >= 15 is 0 Å². The number of ether oxygens (including phenoxy) is 3. The SMILES string of the molecule is Cc1cccc(Cl)c1C(=O)Pc1c(OC(C)(C)C)cc(OC(C)(C)C)cc1OC(C)(C)C.[Li+]. The number of benzene rings is 2. The third kappa shape index (κ3) is 9.54. The Bertz CT molecular complexity index is 928. The summed E-state index contributed by atoms with van der Waals surface area (Å²) in [4.78, 5) is 13.4. The van der Waals surface area contributed by atoms with Crippen molar-refractivity contribution in [1.29, 1.82) is 0 Å². The van der Waals surface area contributed by atoms with Crippen molar-refractivity contribution in [3.05, 3.63) is 46.5 Å². The summed E-state index contributed by atoms with van der Waals surface area (Å²) < 4.78 is 18.7. The van der Waals surface area contributed by atoms with Crippen LogP contribution < -0.4 is 38.4 Å². The van der Waals surface area contributed by atoms with Crippen LogP contribution >= 0.6 is 20.2 Å². The summed E-state index contributed by atoms with van der Waals surface area (Å²) in [7, 11) is -0.227. The minimum atomic E-state index is -0.470. The van der Waals surface area contributed by atoms with Crippen LogP contribution in [0.3, 0.4) is 0 Å². The third-order valence-corrected chi connectivity index (χ3v) is 5.52. The second kappa shape index (κ2) is 11.0. The molecule has 7 heteroatoms. The Morgan fingerprint density at radius 1 is 0.818 bits per heavy atom. The fourth-order valence-electron chi connectivity index (χ4n) is 3.02. The van der Waals surface area contributed by atoms with Gasteiger partial charge in [0.1, 0.15) is 34.1 Å². The first-order chi connectivity index (χ1) is 14.5. The molecule has 0 radical (unpaired) electrons. The van der Waals surface area contributed by atoms with Gasteiger partial charge in [-0.2, -0.15) is 0 Å². The van der Waals surface area contributed by atoms with E-state index in [-0.39, 0.29) is 33.0 Å². The molecule has 4 nitrogen and oxygen atoms in total. The molecule has 1 unspecified atom stereocenters. The maximum absolute atomic E-state index is 13.4. The van der Waals surface area contributed by atoms with E-state index in [9.17, 15) is 4.79 Å². The average Bonchev–Trinajstić information content (AvgIpc) is 2.53. The van der Waals surface area contributed by atoms with Gasteiger partial charge in [-0.1, -0.05) is 23.7 Å². The number of carbonyl (C=O) groups excluding carboxylic acids is 1. The van der Waals surface area contributed by atoms with Crippen LogP contribution in [-0.2, 0) is 0 Å². The Labute approximate surface area is 218 Å². The zero-order chi connectivity index (χ0) is 24.5. The summed E-state index contributed by atoms with van der Waals surface area (Å²) in [5, 5.41) is 1.16. The van der Waals surface area contributed by atoms with Crippen molar-refractivity contribution in [1.82, 2.24) is 0 Å². The number of rotatable bonds is 6. The van der Waals surface area contributed by atoms with Crippen LogP contribution in [-0.4, -0.2) is 22.3 Å². The molecule has 0 aliphatic heterocycles. The van der Waals surface area contributed by atoms with E-state index in [4.69, 9.17) is 25.8 Å². The van der Waals surface area contributed by atoms with Crippen molar-refractivity contribution in [3.63, 3.8) is 0 Å². The molecular formula is C26H36ClLiO4P+. The van der Waals surface area contributed by atoms with E-state index in [1.807, 2.05) is 93.5 Å². The predicted molar refractivity (Wildman–Crippen MR) is 136 cm³/mol. The molecule has 0 heterocycles. The van der Waals surface area contributed by atoms with Crippen LogP contribution in [0.25, 0.3) is 0 Å². The van der Waals surface area contributed by atoms with Crippen LogP contribution in [0.1, 0.15) is 78.2 Å². The molecule has 2 aromatic rings. The largest absolute Gasteiger partial charge is 1.00 e. The smallest absolute Gasteiger partial charge is 0.488 e.